The van der Waals surface area contributed by atoms with Gasteiger partial charge in [0.25, 0.3) is 0 Å². The Balaban J connectivity index is 1.55. The van der Waals surface area contributed by atoms with Crippen LogP contribution in [0.4, 0.5) is 0 Å². The van der Waals surface area contributed by atoms with Crippen LogP contribution in [-0.2, 0) is 11.3 Å². The molecule has 1 amide bonds. The fraction of sp³-hybridized carbons (Fsp3) is 0.769. The first-order valence-corrected chi connectivity index (χ1v) is 7.43. The number of likely N-dealkylation sites (tertiary alicyclic amines) is 1. The smallest absolute Gasteiger partial charge is 0.237 e. The van der Waals surface area contributed by atoms with Gasteiger partial charge in [0.1, 0.15) is 12.2 Å². The second-order valence-corrected chi connectivity index (χ2v) is 5.53. The van der Waals surface area contributed by atoms with Crippen LogP contribution >= 0.6 is 0 Å². The number of rotatable bonds is 4. The van der Waals surface area contributed by atoms with Crippen LogP contribution in [0.15, 0.2) is 6.33 Å². The van der Waals surface area contributed by atoms with Gasteiger partial charge in [0.2, 0.25) is 5.91 Å². The molecule has 110 valence electrons. The monoisotopic (exact) mass is 278 g/mol. The second kappa shape index (κ2) is 6.32. The van der Waals surface area contributed by atoms with Crippen LogP contribution in [0.5, 0.6) is 0 Å². The second-order valence-electron chi connectivity index (χ2n) is 5.53. The molecule has 20 heavy (non-hydrogen) atoms. The van der Waals surface area contributed by atoms with E-state index in [1.54, 1.807) is 0 Å². The Hall–Kier alpha value is -1.47. The van der Waals surface area contributed by atoms with E-state index in [0.29, 0.717) is 18.4 Å². The lowest BCUT2D eigenvalue weighted by Crippen LogP contribution is -2.50. The Bertz CT molecular complexity index is 428. The van der Waals surface area contributed by atoms with E-state index in [4.69, 9.17) is 0 Å². The van der Waals surface area contributed by atoms with Crippen LogP contribution in [-0.4, -0.2) is 57.7 Å². The highest BCUT2D eigenvalue weighted by atomic mass is 16.2. The molecule has 0 aromatic carbocycles. The zero-order valence-electron chi connectivity index (χ0n) is 11.6. The third-order valence-corrected chi connectivity index (χ3v) is 4.27. The van der Waals surface area contributed by atoms with Crippen molar-refractivity contribution in [2.75, 3.05) is 19.6 Å². The number of aromatic nitrogens is 3. The molecule has 1 unspecified atom stereocenters. The molecule has 0 spiro atoms. The number of hydrogen-bond donors (Lipinski definition) is 3. The van der Waals surface area contributed by atoms with Gasteiger partial charge in [-0.3, -0.25) is 14.8 Å². The fourth-order valence-corrected chi connectivity index (χ4v) is 3.25. The normalized spacial score (nSPS) is 24.9. The summed E-state index contributed by atoms with van der Waals surface area (Å²) in [5.74, 6) is 0.821. The summed E-state index contributed by atoms with van der Waals surface area (Å²) in [6, 6.07) is 0.584. The maximum absolute atomic E-state index is 12.4. The first kappa shape index (κ1) is 13.5. The number of hydrogen-bond acceptors (Lipinski definition) is 5. The predicted molar refractivity (Wildman–Crippen MR) is 73.8 cm³/mol. The molecule has 7 heteroatoms. The van der Waals surface area contributed by atoms with Gasteiger partial charge in [-0.15, -0.1) is 0 Å². The molecule has 1 aromatic heterocycles. The van der Waals surface area contributed by atoms with E-state index >= 15 is 0 Å². The number of nitrogens with zero attached hydrogens (tertiary/aromatic N) is 3. The maximum Gasteiger partial charge on any atom is 0.237 e. The summed E-state index contributed by atoms with van der Waals surface area (Å²) in [7, 11) is 0. The van der Waals surface area contributed by atoms with Gasteiger partial charge in [-0.05, 0) is 45.3 Å². The minimum absolute atomic E-state index is 0.0287. The van der Waals surface area contributed by atoms with Crippen molar-refractivity contribution < 1.29 is 4.79 Å². The number of carbonyl (C=O) groups excluding carboxylic acids is 1. The highest BCUT2D eigenvalue weighted by Crippen LogP contribution is 2.24. The van der Waals surface area contributed by atoms with E-state index in [2.05, 4.69) is 30.7 Å². The number of H-pyrrole nitrogens is 1. The summed E-state index contributed by atoms with van der Waals surface area (Å²) >= 11 is 0. The summed E-state index contributed by atoms with van der Waals surface area (Å²) in [6.07, 6.45) is 5.83. The quantitative estimate of drug-likeness (QED) is 0.700. The summed E-state index contributed by atoms with van der Waals surface area (Å²) in [6.45, 7) is 3.60. The maximum atomic E-state index is 12.4. The SMILES string of the molecule is O=C(NCc1ncn[nH]1)C1CCCN1C1CCNCC1. The predicted octanol–water partition coefficient (Wildman–Crippen LogP) is -0.363. The van der Waals surface area contributed by atoms with Crippen molar-refractivity contribution in [1.29, 1.82) is 0 Å². The molecule has 7 nitrogen and oxygen atoms in total. The van der Waals surface area contributed by atoms with E-state index in [0.717, 1.165) is 45.3 Å². The molecule has 2 saturated heterocycles. The molecule has 1 aromatic rings. The summed E-state index contributed by atoms with van der Waals surface area (Å²) < 4.78 is 0. The third kappa shape index (κ3) is 2.99. The number of aromatic amines is 1. The molecule has 0 radical (unpaired) electrons. The van der Waals surface area contributed by atoms with Gasteiger partial charge in [0.05, 0.1) is 12.6 Å². The van der Waals surface area contributed by atoms with E-state index in [-0.39, 0.29) is 11.9 Å². The van der Waals surface area contributed by atoms with E-state index in [9.17, 15) is 4.79 Å². The molecule has 0 saturated carbocycles. The molecule has 1 atom stereocenters. The summed E-state index contributed by atoms with van der Waals surface area (Å²) in [5.41, 5.74) is 0. The van der Waals surface area contributed by atoms with Crippen LogP contribution in [0.2, 0.25) is 0 Å². The highest BCUT2D eigenvalue weighted by molar-refractivity contribution is 5.82. The molecular weight excluding hydrogens is 256 g/mol. The van der Waals surface area contributed by atoms with Crippen LogP contribution < -0.4 is 10.6 Å². The molecule has 3 heterocycles. The highest BCUT2D eigenvalue weighted by Gasteiger charge is 2.35. The van der Waals surface area contributed by atoms with Crippen LogP contribution in [0.25, 0.3) is 0 Å². The summed E-state index contributed by atoms with van der Waals surface area (Å²) in [5, 5.41) is 12.9. The Kier molecular flexibility index (Phi) is 4.27. The lowest BCUT2D eigenvalue weighted by molar-refractivity contribution is -0.126. The van der Waals surface area contributed by atoms with Gasteiger partial charge >= 0.3 is 0 Å². The summed E-state index contributed by atoms with van der Waals surface area (Å²) in [4.78, 5) is 18.8. The van der Waals surface area contributed by atoms with Gasteiger partial charge in [-0.2, -0.15) is 5.10 Å². The van der Waals surface area contributed by atoms with Gasteiger partial charge in [-0.25, -0.2) is 4.98 Å². The van der Waals surface area contributed by atoms with Crippen molar-refractivity contribution in [3.05, 3.63) is 12.2 Å². The minimum atomic E-state index is 0.0287. The van der Waals surface area contributed by atoms with E-state index < -0.39 is 0 Å². The van der Waals surface area contributed by atoms with Gasteiger partial charge in [0.15, 0.2) is 0 Å². The minimum Gasteiger partial charge on any atom is -0.347 e. The topological polar surface area (TPSA) is 85.9 Å². The zero-order chi connectivity index (χ0) is 13.8. The van der Waals surface area contributed by atoms with Gasteiger partial charge in [-0.1, -0.05) is 0 Å². The molecule has 2 aliphatic rings. The van der Waals surface area contributed by atoms with Crippen molar-refractivity contribution in [2.24, 2.45) is 0 Å². The molecule has 3 rings (SSSR count). The average molecular weight is 278 g/mol. The van der Waals surface area contributed by atoms with Crippen molar-refractivity contribution >= 4 is 5.91 Å². The van der Waals surface area contributed by atoms with Crippen LogP contribution in [0.1, 0.15) is 31.5 Å². The Morgan fingerprint density at radius 1 is 1.40 bits per heavy atom. The Labute approximate surface area is 118 Å². The van der Waals surface area contributed by atoms with Gasteiger partial charge < -0.3 is 10.6 Å². The van der Waals surface area contributed by atoms with Crippen molar-refractivity contribution in [2.45, 2.75) is 44.3 Å². The van der Waals surface area contributed by atoms with Crippen molar-refractivity contribution in [3.63, 3.8) is 0 Å². The Morgan fingerprint density at radius 3 is 3.00 bits per heavy atom. The zero-order valence-corrected chi connectivity index (χ0v) is 11.6. The number of carbonyl (C=O) groups is 1. The number of piperidine rings is 1. The molecule has 2 fully saturated rings. The van der Waals surface area contributed by atoms with Crippen molar-refractivity contribution in [3.8, 4) is 0 Å². The molecular formula is C13H22N6O. The molecule has 0 bridgehead atoms. The first-order valence-electron chi connectivity index (χ1n) is 7.43. The molecule has 3 N–H and O–H groups in total. The number of nitrogens with one attached hydrogen (secondary N) is 3. The fourth-order valence-electron chi connectivity index (χ4n) is 3.25. The molecule has 2 aliphatic heterocycles. The Morgan fingerprint density at radius 2 is 2.25 bits per heavy atom. The average Bonchev–Trinajstić information content (AvgIpc) is 3.17. The van der Waals surface area contributed by atoms with Crippen molar-refractivity contribution in [1.82, 2.24) is 30.7 Å². The molecule has 0 aliphatic carbocycles. The van der Waals surface area contributed by atoms with Crippen LogP contribution in [0.3, 0.4) is 0 Å². The van der Waals surface area contributed by atoms with E-state index in [1.165, 1.54) is 6.33 Å². The van der Waals surface area contributed by atoms with Crippen LogP contribution in [0, 0.1) is 0 Å². The standard InChI is InChI=1S/C13H22N6O/c20-13(15-8-12-16-9-17-18-12)11-2-1-7-19(11)10-3-5-14-6-4-10/h9-11,14H,1-8H2,(H,15,20)(H,16,17,18). The lowest BCUT2D eigenvalue weighted by atomic mass is 10.0. The third-order valence-electron chi connectivity index (χ3n) is 4.27. The first-order chi connectivity index (χ1) is 9.84. The van der Waals surface area contributed by atoms with Gasteiger partial charge in [0, 0.05) is 6.04 Å². The largest absolute Gasteiger partial charge is 0.347 e. The van der Waals surface area contributed by atoms with E-state index in [1.807, 2.05) is 0 Å². The number of amides is 1. The lowest BCUT2D eigenvalue weighted by Gasteiger charge is -2.35.